The molecule has 0 aromatic heterocycles. The van der Waals surface area contributed by atoms with Crippen LogP contribution in [0.5, 0.6) is 0 Å². The smallest absolute Gasteiger partial charge is 0.218 e. The Hall–Kier alpha value is -0.0900. The van der Waals surface area contributed by atoms with Crippen molar-refractivity contribution in [2.45, 2.75) is 32.1 Å². The molecule has 0 aromatic rings. The van der Waals surface area contributed by atoms with E-state index in [0.29, 0.717) is 5.25 Å². The highest BCUT2D eigenvalue weighted by atomic mass is 32.2. The van der Waals surface area contributed by atoms with Crippen LogP contribution in [0.3, 0.4) is 0 Å². The third-order valence-electron chi connectivity index (χ3n) is 2.06. The summed E-state index contributed by atoms with van der Waals surface area (Å²) in [6.07, 6.45) is 4.72. The molecule has 65 valence electrons. The van der Waals surface area contributed by atoms with Gasteiger partial charge in [0.1, 0.15) is 5.25 Å². The summed E-state index contributed by atoms with van der Waals surface area (Å²) in [6.45, 7) is 0. The standard InChI is InChI=1S/C7H14NO2S/c1-8-11(9,10)7-5-3-2-4-6-7/h8H,2-6H2,1H3. The van der Waals surface area contributed by atoms with Crippen molar-refractivity contribution in [1.82, 2.24) is 4.72 Å². The van der Waals surface area contributed by atoms with Crippen LogP contribution in [0, 0.1) is 5.25 Å². The third kappa shape index (κ3) is 2.17. The molecular weight excluding hydrogens is 162 g/mol. The van der Waals surface area contributed by atoms with Crippen LogP contribution >= 0.6 is 0 Å². The first-order valence-corrected chi connectivity index (χ1v) is 5.43. The Bertz CT molecular complexity index is 204. The van der Waals surface area contributed by atoms with E-state index < -0.39 is 10.0 Å². The molecule has 0 spiro atoms. The molecule has 1 radical (unpaired) electrons. The lowest BCUT2D eigenvalue weighted by Crippen LogP contribution is -2.27. The van der Waals surface area contributed by atoms with Gasteiger partial charge in [-0.25, -0.2) is 13.1 Å². The number of sulfonamides is 1. The molecule has 4 heteroatoms. The van der Waals surface area contributed by atoms with Gasteiger partial charge in [0, 0.05) is 0 Å². The maximum atomic E-state index is 11.2. The maximum absolute atomic E-state index is 11.2. The molecule has 0 aromatic carbocycles. The molecule has 0 saturated heterocycles. The van der Waals surface area contributed by atoms with Crippen molar-refractivity contribution in [2.24, 2.45) is 0 Å². The molecule has 1 aliphatic carbocycles. The van der Waals surface area contributed by atoms with Crippen LogP contribution in [0.4, 0.5) is 0 Å². The van der Waals surface area contributed by atoms with Crippen LogP contribution in [0.2, 0.25) is 0 Å². The molecule has 0 unspecified atom stereocenters. The fraction of sp³-hybridized carbons (Fsp3) is 0.857. The first kappa shape index (κ1) is 9.00. The lowest BCUT2D eigenvalue weighted by atomic mass is 10.0. The van der Waals surface area contributed by atoms with E-state index in [4.69, 9.17) is 0 Å². The predicted molar refractivity (Wildman–Crippen MR) is 44.3 cm³/mol. The number of nitrogens with one attached hydrogen (secondary N) is 1. The van der Waals surface area contributed by atoms with Crippen molar-refractivity contribution in [3.8, 4) is 0 Å². The lowest BCUT2D eigenvalue weighted by Gasteiger charge is -2.19. The molecule has 1 fully saturated rings. The Morgan fingerprint density at radius 3 is 2.18 bits per heavy atom. The molecule has 1 rings (SSSR count). The van der Waals surface area contributed by atoms with E-state index in [1.54, 1.807) is 0 Å². The molecule has 1 N–H and O–H groups in total. The number of hydrogen-bond donors (Lipinski definition) is 1. The molecule has 0 bridgehead atoms. The van der Waals surface area contributed by atoms with Gasteiger partial charge in [0.2, 0.25) is 10.0 Å². The van der Waals surface area contributed by atoms with Gasteiger partial charge < -0.3 is 0 Å². The van der Waals surface area contributed by atoms with E-state index in [2.05, 4.69) is 4.72 Å². The summed E-state index contributed by atoms with van der Waals surface area (Å²) in [5.41, 5.74) is 0. The van der Waals surface area contributed by atoms with Gasteiger partial charge in [0.25, 0.3) is 0 Å². The first-order valence-electron chi connectivity index (χ1n) is 3.95. The van der Waals surface area contributed by atoms with Gasteiger partial charge in [-0.05, 0) is 19.9 Å². The maximum Gasteiger partial charge on any atom is 0.218 e. The molecule has 3 nitrogen and oxygen atoms in total. The second kappa shape index (κ2) is 3.54. The fourth-order valence-electron chi connectivity index (χ4n) is 1.36. The van der Waals surface area contributed by atoms with Crippen molar-refractivity contribution in [3.63, 3.8) is 0 Å². The minimum Gasteiger partial charge on any atom is -0.218 e. The predicted octanol–water partition coefficient (Wildman–Crippen LogP) is 1.03. The Kier molecular flexibility index (Phi) is 2.90. The Labute approximate surface area is 68.2 Å². The van der Waals surface area contributed by atoms with E-state index in [0.717, 1.165) is 25.7 Å². The van der Waals surface area contributed by atoms with Crippen LogP contribution in [0.25, 0.3) is 0 Å². The molecule has 0 amide bonds. The fourth-order valence-corrected chi connectivity index (χ4v) is 2.47. The average molecular weight is 176 g/mol. The van der Waals surface area contributed by atoms with Gasteiger partial charge >= 0.3 is 0 Å². The first-order chi connectivity index (χ1) is 5.17. The molecule has 0 atom stereocenters. The zero-order chi connectivity index (χ0) is 8.32. The van der Waals surface area contributed by atoms with Crippen LogP contribution < -0.4 is 4.72 Å². The second-order valence-corrected chi connectivity index (χ2v) is 4.80. The van der Waals surface area contributed by atoms with E-state index in [-0.39, 0.29) is 0 Å². The van der Waals surface area contributed by atoms with Gasteiger partial charge in [-0.15, -0.1) is 0 Å². The third-order valence-corrected chi connectivity index (χ3v) is 3.77. The molecule has 11 heavy (non-hydrogen) atoms. The van der Waals surface area contributed by atoms with Crippen LogP contribution in [-0.4, -0.2) is 15.5 Å². The summed E-state index contributed by atoms with van der Waals surface area (Å²) < 4.78 is 24.8. The molecule has 1 aliphatic rings. The van der Waals surface area contributed by atoms with Crippen molar-refractivity contribution < 1.29 is 8.42 Å². The number of rotatable bonds is 2. The molecular formula is C7H14NO2S. The van der Waals surface area contributed by atoms with E-state index >= 15 is 0 Å². The van der Waals surface area contributed by atoms with Crippen LogP contribution in [-0.2, 0) is 10.0 Å². The van der Waals surface area contributed by atoms with Gasteiger partial charge in [0.15, 0.2) is 0 Å². The quantitative estimate of drug-likeness (QED) is 0.683. The van der Waals surface area contributed by atoms with E-state index in [1.165, 1.54) is 13.5 Å². The highest BCUT2D eigenvalue weighted by Crippen LogP contribution is 2.28. The number of hydrogen-bond acceptors (Lipinski definition) is 2. The van der Waals surface area contributed by atoms with Crippen molar-refractivity contribution in [3.05, 3.63) is 5.25 Å². The Morgan fingerprint density at radius 1 is 1.18 bits per heavy atom. The van der Waals surface area contributed by atoms with Crippen molar-refractivity contribution in [2.75, 3.05) is 7.05 Å². The SMILES string of the molecule is CNS(=O)(=O)[C]1CCCCC1. The zero-order valence-corrected chi connectivity index (χ0v) is 7.58. The Morgan fingerprint density at radius 2 is 1.73 bits per heavy atom. The molecule has 0 aliphatic heterocycles. The van der Waals surface area contributed by atoms with E-state index in [1.807, 2.05) is 0 Å². The normalized spacial score (nSPS) is 21.9. The van der Waals surface area contributed by atoms with Crippen molar-refractivity contribution >= 4 is 10.0 Å². The monoisotopic (exact) mass is 176 g/mol. The minimum absolute atomic E-state index is 0.686. The zero-order valence-electron chi connectivity index (χ0n) is 6.76. The van der Waals surface area contributed by atoms with Gasteiger partial charge in [-0.2, -0.15) is 0 Å². The second-order valence-electron chi connectivity index (χ2n) is 2.81. The Balaban J connectivity index is 2.58. The lowest BCUT2D eigenvalue weighted by molar-refractivity contribution is 0.535. The van der Waals surface area contributed by atoms with Crippen LogP contribution in [0.15, 0.2) is 0 Å². The van der Waals surface area contributed by atoms with Crippen LogP contribution in [0.1, 0.15) is 32.1 Å². The molecule has 1 saturated carbocycles. The van der Waals surface area contributed by atoms with Gasteiger partial charge in [0.05, 0.1) is 0 Å². The molecule has 0 heterocycles. The highest BCUT2D eigenvalue weighted by molar-refractivity contribution is 7.92. The summed E-state index contributed by atoms with van der Waals surface area (Å²) in [5.74, 6) is 0. The largest absolute Gasteiger partial charge is 0.218 e. The summed E-state index contributed by atoms with van der Waals surface area (Å²) in [7, 11) is -1.59. The van der Waals surface area contributed by atoms with Gasteiger partial charge in [-0.1, -0.05) is 19.3 Å². The summed E-state index contributed by atoms with van der Waals surface area (Å²) >= 11 is 0. The average Bonchev–Trinajstić information content (AvgIpc) is 2.06. The summed E-state index contributed by atoms with van der Waals surface area (Å²) in [6, 6.07) is 0. The summed E-state index contributed by atoms with van der Waals surface area (Å²) in [5, 5.41) is 0.686. The topological polar surface area (TPSA) is 46.2 Å². The summed E-state index contributed by atoms with van der Waals surface area (Å²) in [4.78, 5) is 0. The minimum atomic E-state index is -3.05. The van der Waals surface area contributed by atoms with E-state index in [9.17, 15) is 8.42 Å². The highest BCUT2D eigenvalue weighted by Gasteiger charge is 2.26. The van der Waals surface area contributed by atoms with Gasteiger partial charge in [-0.3, -0.25) is 0 Å². The van der Waals surface area contributed by atoms with Crippen molar-refractivity contribution in [1.29, 1.82) is 0 Å².